The predicted molar refractivity (Wildman–Crippen MR) is 56.8 cm³/mol. The third-order valence-corrected chi connectivity index (χ3v) is 4.05. The number of hydrogen-bond donors (Lipinski definition) is 0. The average Bonchev–Trinajstić information content (AvgIpc) is 2.27. The van der Waals surface area contributed by atoms with E-state index >= 15 is 0 Å². The highest BCUT2D eigenvalue weighted by Gasteiger charge is 2.26. The van der Waals surface area contributed by atoms with Crippen LogP contribution in [0.2, 0.25) is 0 Å². The molecule has 1 heteroatoms. The van der Waals surface area contributed by atoms with E-state index < -0.39 is 0 Å². The minimum absolute atomic E-state index is 0.982. The van der Waals surface area contributed by atoms with E-state index in [4.69, 9.17) is 0 Å². The maximum Gasteiger partial charge on any atom is 0.00952 e. The Hall–Kier alpha value is -0.0400. The van der Waals surface area contributed by atoms with Crippen LogP contribution in [0.15, 0.2) is 0 Å². The molecule has 0 bridgehead atoms. The molecule has 1 saturated carbocycles. The van der Waals surface area contributed by atoms with E-state index in [1.54, 1.807) is 0 Å². The number of likely N-dealkylation sites (tertiary alicyclic amines) is 1. The van der Waals surface area contributed by atoms with Crippen molar-refractivity contribution < 1.29 is 0 Å². The fourth-order valence-corrected chi connectivity index (χ4v) is 2.71. The first-order valence-electron chi connectivity index (χ1n) is 6.14. The van der Waals surface area contributed by atoms with E-state index in [-0.39, 0.29) is 0 Å². The maximum atomic E-state index is 2.76. The summed E-state index contributed by atoms with van der Waals surface area (Å²) in [6.45, 7) is 5.13. The van der Waals surface area contributed by atoms with Gasteiger partial charge in [-0.3, -0.25) is 0 Å². The van der Waals surface area contributed by atoms with Crippen LogP contribution in [0.25, 0.3) is 0 Å². The Morgan fingerprint density at radius 3 is 2.46 bits per heavy atom. The molecule has 1 heterocycles. The molecular formula is C12H23N. The summed E-state index contributed by atoms with van der Waals surface area (Å²) in [5, 5.41) is 0. The predicted octanol–water partition coefficient (Wildman–Crippen LogP) is 3.05. The molecule has 1 aliphatic carbocycles. The number of nitrogens with zero attached hydrogens (tertiary/aromatic N) is 1. The maximum absolute atomic E-state index is 2.76. The Bertz CT molecular complexity index is 151. The van der Waals surface area contributed by atoms with E-state index in [0.717, 1.165) is 12.0 Å². The normalized spacial score (nSPS) is 32.5. The van der Waals surface area contributed by atoms with Gasteiger partial charge in [-0.1, -0.05) is 19.8 Å². The van der Waals surface area contributed by atoms with Crippen LogP contribution in [0, 0.1) is 5.92 Å². The third-order valence-electron chi connectivity index (χ3n) is 4.05. The molecule has 0 spiro atoms. The van der Waals surface area contributed by atoms with Crippen LogP contribution >= 0.6 is 0 Å². The zero-order valence-corrected chi connectivity index (χ0v) is 8.97. The first kappa shape index (κ1) is 9.51. The first-order valence-corrected chi connectivity index (χ1v) is 6.14. The molecule has 1 aliphatic heterocycles. The zero-order valence-electron chi connectivity index (χ0n) is 8.97. The SMILES string of the molecule is CC[C@@H]1CCCN(C2CCC2)CC1. The second-order valence-electron chi connectivity index (χ2n) is 4.83. The highest BCUT2D eigenvalue weighted by molar-refractivity contribution is 4.82. The minimum Gasteiger partial charge on any atom is -0.300 e. The lowest BCUT2D eigenvalue weighted by Crippen LogP contribution is -2.40. The van der Waals surface area contributed by atoms with Crippen LogP contribution in [0.1, 0.15) is 51.9 Å². The Labute approximate surface area is 82.5 Å². The van der Waals surface area contributed by atoms with Gasteiger partial charge in [0.25, 0.3) is 0 Å². The van der Waals surface area contributed by atoms with Crippen molar-refractivity contribution in [3.63, 3.8) is 0 Å². The Morgan fingerprint density at radius 2 is 1.85 bits per heavy atom. The average molecular weight is 181 g/mol. The lowest BCUT2D eigenvalue weighted by Gasteiger charge is -2.36. The van der Waals surface area contributed by atoms with E-state index in [2.05, 4.69) is 11.8 Å². The van der Waals surface area contributed by atoms with Crippen LogP contribution < -0.4 is 0 Å². The largest absolute Gasteiger partial charge is 0.300 e. The number of hydrogen-bond acceptors (Lipinski definition) is 1. The fourth-order valence-electron chi connectivity index (χ4n) is 2.71. The molecule has 76 valence electrons. The topological polar surface area (TPSA) is 3.24 Å². The van der Waals surface area contributed by atoms with Gasteiger partial charge < -0.3 is 4.90 Å². The van der Waals surface area contributed by atoms with Gasteiger partial charge in [-0.2, -0.15) is 0 Å². The molecule has 13 heavy (non-hydrogen) atoms. The van der Waals surface area contributed by atoms with Gasteiger partial charge in [-0.15, -0.1) is 0 Å². The molecule has 1 nitrogen and oxygen atoms in total. The van der Waals surface area contributed by atoms with Gasteiger partial charge in [0, 0.05) is 6.04 Å². The van der Waals surface area contributed by atoms with E-state index in [1.165, 1.54) is 58.0 Å². The van der Waals surface area contributed by atoms with Gasteiger partial charge in [0.15, 0.2) is 0 Å². The van der Waals surface area contributed by atoms with Gasteiger partial charge in [0.05, 0.1) is 0 Å². The molecule has 2 fully saturated rings. The van der Waals surface area contributed by atoms with Crippen molar-refractivity contribution >= 4 is 0 Å². The van der Waals surface area contributed by atoms with Crippen LogP contribution in [-0.2, 0) is 0 Å². The highest BCUT2D eigenvalue weighted by atomic mass is 15.2. The fraction of sp³-hybridized carbons (Fsp3) is 1.00. The van der Waals surface area contributed by atoms with Crippen LogP contribution in [0.4, 0.5) is 0 Å². The van der Waals surface area contributed by atoms with E-state index in [0.29, 0.717) is 0 Å². The van der Waals surface area contributed by atoms with Crippen molar-refractivity contribution in [2.45, 2.75) is 57.9 Å². The van der Waals surface area contributed by atoms with E-state index in [9.17, 15) is 0 Å². The van der Waals surface area contributed by atoms with Crippen molar-refractivity contribution in [3.8, 4) is 0 Å². The summed E-state index contributed by atoms with van der Waals surface area (Å²) in [6, 6.07) is 0.982. The first-order chi connectivity index (χ1) is 6.40. The molecule has 0 aromatic carbocycles. The molecule has 1 saturated heterocycles. The highest BCUT2D eigenvalue weighted by Crippen LogP contribution is 2.28. The summed E-state index contributed by atoms with van der Waals surface area (Å²) >= 11 is 0. The van der Waals surface area contributed by atoms with Crippen LogP contribution in [0.5, 0.6) is 0 Å². The molecule has 0 aromatic heterocycles. The summed E-state index contributed by atoms with van der Waals surface area (Å²) in [5.41, 5.74) is 0. The summed E-state index contributed by atoms with van der Waals surface area (Å²) < 4.78 is 0. The molecule has 0 aromatic rings. The summed E-state index contributed by atoms with van der Waals surface area (Å²) in [7, 11) is 0. The Morgan fingerprint density at radius 1 is 1.00 bits per heavy atom. The molecule has 1 atom stereocenters. The monoisotopic (exact) mass is 181 g/mol. The smallest absolute Gasteiger partial charge is 0.00952 e. The minimum atomic E-state index is 0.982. The van der Waals surface area contributed by atoms with Crippen LogP contribution in [0.3, 0.4) is 0 Å². The summed E-state index contributed by atoms with van der Waals surface area (Å²) in [5.74, 6) is 1.03. The molecule has 0 radical (unpaired) electrons. The van der Waals surface area contributed by atoms with Gasteiger partial charge >= 0.3 is 0 Å². The van der Waals surface area contributed by atoms with Crippen molar-refractivity contribution in [3.05, 3.63) is 0 Å². The van der Waals surface area contributed by atoms with Crippen molar-refractivity contribution in [1.82, 2.24) is 4.90 Å². The van der Waals surface area contributed by atoms with Gasteiger partial charge in [-0.25, -0.2) is 0 Å². The second-order valence-corrected chi connectivity index (χ2v) is 4.83. The molecule has 0 N–H and O–H groups in total. The lowest BCUT2D eigenvalue weighted by atomic mass is 9.91. The molecule has 0 unspecified atom stereocenters. The molecular weight excluding hydrogens is 158 g/mol. The summed E-state index contributed by atoms with van der Waals surface area (Å²) in [4.78, 5) is 2.76. The standard InChI is InChI=1S/C12H23N/c1-2-11-5-4-9-13(10-8-11)12-6-3-7-12/h11-12H,2-10H2,1H3/t11-/m1/s1. The quantitative estimate of drug-likeness (QED) is 0.633. The lowest BCUT2D eigenvalue weighted by molar-refractivity contribution is 0.130. The molecule has 0 amide bonds. The zero-order chi connectivity index (χ0) is 9.10. The summed E-state index contributed by atoms with van der Waals surface area (Å²) in [6.07, 6.45) is 10.3. The molecule has 2 aliphatic rings. The Balaban J connectivity index is 1.79. The van der Waals surface area contributed by atoms with Gasteiger partial charge in [0.2, 0.25) is 0 Å². The second kappa shape index (κ2) is 4.45. The number of rotatable bonds is 2. The van der Waals surface area contributed by atoms with Crippen molar-refractivity contribution in [2.24, 2.45) is 5.92 Å². The van der Waals surface area contributed by atoms with E-state index in [1.807, 2.05) is 0 Å². The van der Waals surface area contributed by atoms with Crippen molar-refractivity contribution in [2.75, 3.05) is 13.1 Å². The van der Waals surface area contributed by atoms with Crippen LogP contribution in [-0.4, -0.2) is 24.0 Å². The Kier molecular flexibility index (Phi) is 3.26. The van der Waals surface area contributed by atoms with Gasteiger partial charge in [0.1, 0.15) is 0 Å². The molecule has 2 rings (SSSR count). The van der Waals surface area contributed by atoms with Gasteiger partial charge in [-0.05, 0) is 51.1 Å². The third kappa shape index (κ3) is 2.25. The van der Waals surface area contributed by atoms with Crippen molar-refractivity contribution in [1.29, 1.82) is 0 Å².